The quantitative estimate of drug-likeness (QED) is 0.743. The first-order chi connectivity index (χ1) is 10.7. The van der Waals surface area contributed by atoms with Crippen molar-refractivity contribution in [3.63, 3.8) is 0 Å². The Bertz CT molecular complexity index is 759. The van der Waals surface area contributed by atoms with E-state index in [0.717, 1.165) is 35.4 Å². The fourth-order valence-corrected chi connectivity index (χ4v) is 2.82. The van der Waals surface area contributed by atoms with Gasteiger partial charge in [0.2, 0.25) is 0 Å². The Morgan fingerprint density at radius 2 is 1.82 bits per heavy atom. The molecule has 0 aliphatic carbocycles. The minimum absolute atomic E-state index is 0.177. The van der Waals surface area contributed by atoms with Gasteiger partial charge in [-0.1, -0.05) is 25.1 Å². The standard InChI is InChI=1S/C19H22N2O/c1-3-14(20)12-17-16-6-4-5-7-18(16)21-19(17)13-8-10-15(22-2)11-9-13/h4-11,14,21H,3,12,20H2,1-2H3. The van der Waals surface area contributed by atoms with Crippen LogP contribution in [-0.2, 0) is 6.42 Å². The van der Waals surface area contributed by atoms with Gasteiger partial charge >= 0.3 is 0 Å². The summed E-state index contributed by atoms with van der Waals surface area (Å²) in [6.45, 7) is 2.13. The second kappa shape index (κ2) is 6.24. The van der Waals surface area contributed by atoms with Crippen molar-refractivity contribution in [2.75, 3.05) is 7.11 Å². The van der Waals surface area contributed by atoms with Crippen LogP contribution in [0.5, 0.6) is 5.75 Å². The van der Waals surface area contributed by atoms with Crippen LogP contribution in [0.25, 0.3) is 22.2 Å². The molecule has 1 heterocycles. The van der Waals surface area contributed by atoms with E-state index in [1.165, 1.54) is 10.9 Å². The average Bonchev–Trinajstić information content (AvgIpc) is 2.93. The molecule has 0 fully saturated rings. The number of fused-ring (bicyclic) bond motifs is 1. The number of methoxy groups -OCH3 is 1. The first kappa shape index (κ1) is 14.7. The van der Waals surface area contributed by atoms with Gasteiger partial charge in [-0.3, -0.25) is 0 Å². The Morgan fingerprint density at radius 1 is 1.09 bits per heavy atom. The number of para-hydroxylation sites is 1. The first-order valence-corrected chi connectivity index (χ1v) is 7.72. The lowest BCUT2D eigenvalue weighted by molar-refractivity contribution is 0.415. The van der Waals surface area contributed by atoms with Crippen LogP contribution in [0.2, 0.25) is 0 Å². The van der Waals surface area contributed by atoms with E-state index >= 15 is 0 Å². The molecule has 3 rings (SSSR count). The third-order valence-electron chi connectivity index (χ3n) is 4.18. The molecule has 2 aromatic carbocycles. The minimum Gasteiger partial charge on any atom is -0.497 e. The van der Waals surface area contributed by atoms with Gasteiger partial charge in [0.15, 0.2) is 0 Å². The third-order valence-corrected chi connectivity index (χ3v) is 4.18. The Hall–Kier alpha value is -2.26. The van der Waals surface area contributed by atoms with Gasteiger partial charge < -0.3 is 15.5 Å². The summed E-state index contributed by atoms with van der Waals surface area (Å²) in [6, 6.07) is 16.7. The lowest BCUT2D eigenvalue weighted by atomic mass is 9.98. The van der Waals surface area contributed by atoms with Crippen molar-refractivity contribution in [2.45, 2.75) is 25.8 Å². The van der Waals surface area contributed by atoms with Crippen LogP contribution >= 0.6 is 0 Å². The molecule has 0 saturated carbocycles. The summed E-state index contributed by atoms with van der Waals surface area (Å²) in [5.41, 5.74) is 11.0. The lowest BCUT2D eigenvalue weighted by Gasteiger charge is -2.11. The van der Waals surface area contributed by atoms with Gasteiger partial charge in [-0.05, 0) is 54.3 Å². The van der Waals surface area contributed by atoms with Crippen LogP contribution in [0.15, 0.2) is 48.5 Å². The summed E-state index contributed by atoms with van der Waals surface area (Å²) >= 11 is 0. The molecule has 0 radical (unpaired) electrons. The molecule has 0 amide bonds. The number of rotatable bonds is 5. The van der Waals surface area contributed by atoms with E-state index in [-0.39, 0.29) is 6.04 Å². The van der Waals surface area contributed by atoms with Crippen LogP contribution < -0.4 is 10.5 Å². The van der Waals surface area contributed by atoms with E-state index in [0.29, 0.717) is 0 Å². The fourth-order valence-electron chi connectivity index (χ4n) is 2.82. The molecule has 3 N–H and O–H groups in total. The summed E-state index contributed by atoms with van der Waals surface area (Å²) in [7, 11) is 1.68. The summed E-state index contributed by atoms with van der Waals surface area (Å²) in [5.74, 6) is 0.867. The van der Waals surface area contributed by atoms with Crippen LogP contribution in [0, 0.1) is 0 Å². The number of aromatic nitrogens is 1. The van der Waals surface area contributed by atoms with Crippen LogP contribution in [0.1, 0.15) is 18.9 Å². The highest BCUT2D eigenvalue weighted by molar-refractivity contribution is 5.90. The van der Waals surface area contributed by atoms with Crippen molar-refractivity contribution in [2.24, 2.45) is 5.73 Å². The number of H-pyrrole nitrogens is 1. The zero-order chi connectivity index (χ0) is 15.5. The highest BCUT2D eigenvalue weighted by Crippen LogP contribution is 2.32. The van der Waals surface area contributed by atoms with Crippen molar-refractivity contribution in [3.05, 3.63) is 54.1 Å². The molecular weight excluding hydrogens is 272 g/mol. The van der Waals surface area contributed by atoms with Gasteiger partial charge in [-0.15, -0.1) is 0 Å². The zero-order valence-electron chi connectivity index (χ0n) is 13.1. The predicted octanol–water partition coefficient (Wildman–Crippen LogP) is 4.12. The van der Waals surface area contributed by atoms with E-state index in [9.17, 15) is 0 Å². The Kier molecular flexibility index (Phi) is 4.16. The Balaban J connectivity index is 2.12. The monoisotopic (exact) mass is 294 g/mol. The highest BCUT2D eigenvalue weighted by atomic mass is 16.5. The second-order valence-electron chi connectivity index (χ2n) is 5.63. The third kappa shape index (κ3) is 2.72. The number of aromatic amines is 1. The summed E-state index contributed by atoms with van der Waals surface area (Å²) < 4.78 is 5.25. The molecular formula is C19H22N2O. The molecule has 3 nitrogen and oxygen atoms in total. The SMILES string of the molecule is CCC(N)Cc1c(-c2ccc(OC)cc2)[nH]c2ccccc12. The number of hydrogen-bond acceptors (Lipinski definition) is 2. The molecule has 0 aliphatic heterocycles. The maximum absolute atomic E-state index is 6.21. The molecule has 3 heteroatoms. The van der Waals surface area contributed by atoms with Crippen molar-refractivity contribution in [1.29, 1.82) is 0 Å². The van der Waals surface area contributed by atoms with E-state index in [1.807, 2.05) is 12.1 Å². The van der Waals surface area contributed by atoms with E-state index < -0.39 is 0 Å². The highest BCUT2D eigenvalue weighted by Gasteiger charge is 2.15. The number of benzene rings is 2. The van der Waals surface area contributed by atoms with Gasteiger partial charge in [0.05, 0.1) is 7.11 Å². The number of hydrogen-bond donors (Lipinski definition) is 2. The average molecular weight is 294 g/mol. The molecule has 114 valence electrons. The number of ether oxygens (including phenoxy) is 1. The van der Waals surface area contributed by atoms with Gasteiger partial charge in [0.1, 0.15) is 5.75 Å². The molecule has 22 heavy (non-hydrogen) atoms. The van der Waals surface area contributed by atoms with Crippen LogP contribution in [0.4, 0.5) is 0 Å². The topological polar surface area (TPSA) is 51.0 Å². The van der Waals surface area contributed by atoms with Gasteiger partial charge in [-0.25, -0.2) is 0 Å². The van der Waals surface area contributed by atoms with Crippen molar-refractivity contribution in [1.82, 2.24) is 4.98 Å². The van der Waals surface area contributed by atoms with Gasteiger partial charge in [0, 0.05) is 22.6 Å². The minimum atomic E-state index is 0.177. The van der Waals surface area contributed by atoms with Crippen molar-refractivity contribution in [3.8, 4) is 17.0 Å². The number of nitrogens with two attached hydrogens (primary N) is 1. The van der Waals surface area contributed by atoms with Crippen molar-refractivity contribution < 1.29 is 4.74 Å². The van der Waals surface area contributed by atoms with E-state index in [2.05, 4.69) is 48.3 Å². The van der Waals surface area contributed by atoms with Crippen LogP contribution in [-0.4, -0.2) is 18.1 Å². The predicted molar refractivity (Wildman–Crippen MR) is 92.3 cm³/mol. The molecule has 1 unspecified atom stereocenters. The maximum atomic E-state index is 6.21. The van der Waals surface area contributed by atoms with Crippen LogP contribution in [0.3, 0.4) is 0 Å². The molecule has 1 atom stereocenters. The van der Waals surface area contributed by atoms with E-state index in [4.69, 9.17) is 10.5 Å². The van der Waals surface area contributed by atoms with Gasteiger partial charge in [-0.2, -0.15) is 0 Å². The number of nitrogens with one attached hydrogen (secondary N) is 1. The Labute approximate surface area is 131 Å². The lowest BCUT2D eigenvalue weighted by Crippen LogP contribution is -2.21. The molecule has 3 aromatic rings. The summed E-state index contributed by atoms with van der Waals surface area (Å²) in [4.78, 5) is 3.55. The molecule has 0 saturated heterocycles. The molecule has 1 aromatic heterocycles. The molecule has 0 bridgehead atoms. The fraction of sp³-hybridized carbons (Fsp3) is 0.263. The van der Waals surface area contributed by atoms with E-state index in [1.54, 1.807) is 7.11 Å². The molecule has 0 spiro atoms. The van der Waals surface area contributed by atoms with Crippen molar-refractivity contribution >= 4 is 10.9 Å². The second-order valence-corrected chi connectivity index (χ2v) is 5.63. The zero-order valence-corrected chi connectivity index (χ0v) is 13.1. The maximum Gasteiger partial charge on any atom is 0.118 e. The molecule has 0 aliphatic rings. The smallest absolute Gasteiger partial charge is 0.118 e. The Morgan fingerprint density at radius 3 is 2.50 bits per heavy atom. The summed E-state index contributed by atoms with van der Waals surface area (Å²) in [5, 5.41) is 1.26. The first-order valence-electron chi connectivity index (χ1n) is 7.72. The summed E-state index contributed by atoms with van der Waals surface area (Å²) in [6.07, 6.45) is 1.85. The van der Waals surface area contributed by atoms with Gasteiger partial charge in [0.25, 0.3) is 0 Å². The normalized spacial score (nSPS) is 12.5. The largest absolute Gasteiger partial charge is 0.497 e.